The van der Waals surface area contributed by atoms with E-state index in [1.54, 1.807) is 12.3 Å². The highest BCUT2D eigenvalue weighted by molar-refractivity contribution is 5.84. The average Bonchev–Trinajstić information content (AvgIpc) is 2.19. The first-order chi connectivity index (χ1) is 6.42. The zero-order valence-electron chi connectivity index (χ0n) is 6.90. The molecule has 0 unspecified atom stereocenters. The van der Waals surface area contributed by atoms with E-state index < -0.39 is 0 Å². The van der Waals surface area contributed by atoms with Gasteiger partial charge in [0.2, 0.25) is 0 Å². The smallest absolute Gasteiger partial charge is 0.151 e. The Hall–Kier alpha value is -2.01. The normalized spacial score (nSPS) is 9.46. The Morgan fingerprint density at radius 1 is 1.23 bits per heavy atom. The Labute approximate surface area is 76.2 Å². The van der Waals surface area contributed by atoms with Crippen LogP contribution in [0.25, 0.3) is 10.9 Å². The number of nitrogens with zero attached hydrogens (tertiary/aromatic N) is 1. The standard InChI is InChI=1S/C11H7NO/c1-2-13-11-7-8-12-10-6-4-3-5-9(10)11/h1,3-8H. The number of hydrogen-bond acceptors (Lipinski definition) is 2. The Morgan fingerprint density at radius 3 is 2.92 bits per heavy atom. The lowest BCUT2D eigenvalue weighted by atomic mass is 10.2. The van der Waals surface area contributed by atoms with E-state index in [1.807, 2.05) is 24.3 Å². The first-order valence-corrected chi connectivity index (χ1v) is 3.88. The second-order valence-electron chi connectivity index (χ2n) is 2.55. The number of terminal acetylenes is 1. The van der Waals surface area contributed by atoms with Crippen molar-refractivity contribution < 1.29 is 4.74 Å². The molecule has 0 fully saturated rings. The molecular weight excluding hydrogens is 162 g/mol. The zero-order chi connectivity index (χ0) is 9.10. The Kier molecular flexibility index (Phi) is 1.85. The van der Waals surface area contributed by atoms with Crippen molar-refractivity contribution in [1.29, 1.82) is 0 Å². The van der Waals surface area contributed by atoms with Crippen molar-refractivity contribution in [1.82, 2.24) is 4.98 Å². The second-order valence-corrected chi connectivity index (χ2v) is 2.55. The predicted octanol–water partition coefficient (Wildman–Crippen LogP) is 2.20. The number of aromatic nitrogens is 1. The van der Waals surface area contributed by atoms with Gasteiger partial charge in [-0.25, -0.2) is 0 Å². The summed E-state index contributed by atoms with van der Waals surface area (Å²) in [6, 6.07) is 9.44. The van der Waals surface area contributed by atoms with Crippen molar-refractivity contribution in [2.24, 2.45) is 0 Å². The predicted molar refractivity (Wildman–Crippen MR) is 51.2 cm³/mol. The number of ether oxygens (including phenoxy) is 1. The summed E-state index contributed by atoms with van der Waals surface area (Å²) in [6.07, 6.45) is 8.88. The molecule has 1 heterocycles. The van der Waals surface area contributed by atoms with Gasteiger partial charge >= 0.3 is 0 Å². The van der Waals surface area contributed by atoms with Crippen molar-refractivity contribution in [2.75, 3.05) is 0 Å². The molecule has 0 N–H and O–H groups in total. The molecule has 2 aromatic rings. The topological polar surface area (TPSA) is 22.1 Å². The number of hydrogen-bond donors (Lipinski definition) is 0. The fourth-order valence-corrected chi connectivity index (χ4v) is 1.22. The van der Waals surface area contributed by atoms with Gasteiger partial charge in [0.05, 0.1) is 5.52 Å². The van der Waals surface area contributed by atoms with E-state index in [9.17, 15) is 0 Å². The average molecular weight is 169 g/mol. The first-order valence-electron chi connectivity index (χ1n) is 3.88. The van der Waals surface area contributed by atoms with Crippen LogP contribution in [0.2, 0.25) is 0 Å². The van der Waals surface area contributed by atoms with E-state index in [0.717, 1.165) is 10.9 Å². The van der Waals surface area contributed by atoms with E-state index in [1.165, 1.54) is 0 Å². The molecule has 13 heavy (non-hydrogen) atoms. The number of para-hydroxylation sites is 1. The van der Waals surface area contributed by atoms with Gasteiger partial charge < -0.3 is 4.74 Å². The van der Waals surface area contributed by atoms with Crippen LogP contribution in [-0.4, -0.2) is 4.98 Å². The molecule has 0 atom stereocenters. The van der Waals surface area contributed by atoms with E-state index in [4.69, 9.17) is 11.2 Å². The summed E-state index contributed by atoms with van der Waals surface area (Å²) < 4.78 is 5.01. The largest absolute Gasteiger partial charge is 0.407 e. The fraction of sp³-hybridized carbons (Fsp3) is 0. The van der Waals surface area contributed by atoms with Crippen LogP contribution in [0.4, 0.5) is 0 Å². The molecule has 0 bridgehead atoms. The van der Waals surface area contributed by atoms with Crippen molar-refractivity contribution in [3.8, 4) is 18.3 Å². The molecule has 1 aromatic heterocycles. The van der Waals surface area contributed by atoms with Gasteiger partial charge in [-0.1, -0.05) is 18.6 Å². The highest BCUT2D eigenvalue weighted by Crippen LogP contribution is 2.22. The molecule has 0 aliphatic rings. The lowest BCUT2D eigenvalue weighted by molar-refractivity contribution is 0.526. The molecule has 2 nitrogen and oxygen atoms in total. The van der Waals surface area contributed by atoms with Gasteiger partial charge in [-0.15, -0.1) is 0 Å². The molecule has 0 aliphatic heterocycles. The second kappa shape index (κ2) is 3.16. The van der Waals surface area contributed by atoms with Crippen LogP contribution in [0, 0.1) is 12.5 Å². The molecule has 0 spiro atoms. The van der Waals surface area contributed by atoms with Gasteiger partial charge in [0.1, 0.15) is 6.11 Å². The van der Waals surface area contributed by atoms with Crippen LogP contribution in [0.3, 0.4) is 0 Å². The fourth-order valence-electron chi connectivity index (χ4n) is 1.22. The van der Waals surface area contributed by atoms with Crippen LogP contribution in [0.15, 0.2) is 36.5 Å². The highest BCUT2D eigenvalue weighted by atomic mass is 16.5. The molecule has 0 saturated carbocycles. The molecule has 0 saturated heterocycles. The quantitative estimate of drug-likeness (QED) is 0.610. The molecule has 62 valence electrons. The maximum atomic E-state index is 5.06. The molecule has 1 aromatic carbocycles. The van der Waals surface area contributed by atoms with Crippen molar-refractivity contribution >= 4 is 10.9 Å². The van der Waals surface area contributed by atoms with E-state index in [0.29, 0.717) is 5.75 Å². The van der Waals surface area contributed by atoms with E-state index >= 15 is 0 Å². The van der Waals surface area contributed by atoms with E-state index in [2.05, 4.69) is 11.1 Å². The van der Waals surface area contributed by atoms with Gasteiger partial charge in [-0.3, -0.25) is 4.98 Å². The van der Waals surface area contributed by atoms with Gasteiger partial charge in [0, 0.05) is 17.6 Å². The SMILES string of the molecule is C#COc1ccnc2ccccc12. The van der Waals surface area contributed by atoms with Crippen LogP contribution in [0.1, 0.15) is 0 Å². The van der Waals surface area contributed by atoms with Crippen LogP contribution >= 0.6 is 0 Å². The molecular formula is C11H7NO. The molecule has 0 radical (unpaired) electrons. The molecule has 2 heteroatoms. The van der Waals surface area contributed by atoms with Gasteiger partial charge in [-0.2, -0.15) is 0 Å². The number of pyridine rings is 1. The summed E-state index contributed by atoms with van der Waals surface area (Å²) >= 11 is 0. The zero-order valence-corrected chi connectivity index (χ0v) is 6.90. The summed E-state index contributed by atoms with van der Waals surface area (Å²) in [5.41, 5.74) is 0.884. The van der Waals surface area contributed by atoms with E-state index in [-0.39, 0.29) is 0 Å². The molecule has 0 amide bonds. The number of rotatable bonds is 1. The Bertz CT molecular complexity index is 465. The lowest BCUT2D eigenvalue weighted by Gasteiger charge is -2.01. The summed E-state index contributed by atoms with van der Waals surface area (Å²) in [5, 5.41) is 0.933. The van der Waals surface area contributed by atoms with Crippen molar-refractivity contribution in [3.05, 3.63) is 36.5 Å². The minimum atomic E-state index is 0.674. The van der Waals surface area contributed by atoms with Gasteiger partial charge in [-0.05, 0) is 12.1 Å². The van der Waals surface area contributed by atoms with Crippen LogP contribution in [-0.2, 0) is 0 Å². The van der Waals surface area contributed by atoms with Crippen LogP contribution in [0.5, 0.6) is 5.75 Å². The Morgan fingerprint density at radius 2 is 2.08 bits per heavy atom. The summed E-state index contributed by atoms with van der Waals surface area (Å²) in [4.78, 5) is 4.18. The van der Waals surface area contributed by atoms with Crippen LogP contribution < -0.4 is 4.74 Å². The monoisotopic (exact) mass is 169 g/mol. The van der Waals surface area contributed by atoms with Gasteiger partial charge in [0.15, 0.2) is 5.75 Å². The number of fused-ring (bicyclic) bond motifs is 1. The van der Waals surface area contributed by atoms with Gasteiger partial charge in [0.25, 0.3) is 0 Å². The highest BCUT2D eigenvalue weighted by Gasteiger charge is 1.99. The maximum absolute atomic E-state index is 5.06. The summed E-state index contributed by atoms with van der Waals surface area (Å²) in [6.45, 7) is 0. The summed E-state index contributed by atoms with van der Waals surface area (Å²) in [7, 11) is 0. The number of benzene rings is 1. The molecule has 0 aliphatic carbocycles. The van der Waals surface area contributed by atoms with Crippen molar-refractivity contribution in [3.63, 3.8) is 0 Å². The first kappa shape index (κ1) is 7.63. The minimum absolute atomic E-state index is 0.674. The molecule has 2 rings (SSSR count). The third-order valence-electron chi connectivity index (χ3n) is 1.78. The third kappa shape index (κ3) is 1.32. The maximum Gasteiger partial charge on any atom is 0.151 e. The summed E-state index contributed by atoms with van der Waals surface area (Å²) in [5.74, 6) is 0.674. The lowest BCUT2D eigenvalue weighted by Crippen LogP contribution is -1.85. The Balaban J connectivity index is 2.70. The minimum Gasteiger partial charge on any atom is -0.407 e. The third-order valence-corrected chi connectivity index (χ3v) is 1.78. The van der Waals surface area contributed by atoms with Crippen molar-refractivity contribution in [2.45, 2.75) is 0 Å².